The molecule has 0 aliphatic carbocycles. The fourth-order valence-electron chi connectivity index (χ4n) is 1.53. The third-order valence-corrected chi connectivity index (χ3v) is 3.70. The third-order valence-electron chi connectivity index (χ3n) is 2.39. The van der Waals surface area contributed by atoms with E-state index in [2.05, 4.69) is 10.0 Å². The molecule has 0 aromatic heterocycles. The highest BCUT2D eigenvalue weighted by atomic mass is 32.2. The average molecular weight is 240 g/mol. The van der Waals surface area contributed by atoms with Crippen LogP contribution in [-0.2, 0) is 21.2 Å². The van der Waals surface area contributed by atoms with Gasteiger partial charge in [0.1, 0.15) is 0 Å². The van der Waals surface area contributed by atoms with Crippen molar-refractivity contribution in [2.24, 2.45) is 0 Å². The first-order chi connectivity index (χ1) is 7.50. The van der Waals surface area contributed by atoms with Crippen LogP contribution in [0.3, 0.4) is 0 Å². The maximum absolute atomic E-state index is 11.3. The number of carbonyl (C=O) groups excluding carboxylic acids is 1. The molecule has 1 heterocycles. The molecule has 1 aromatic carbocycles. The predicted molar refractivity (Wildman–Crippen MR) is 61.9 cm³/mol. The van der Waals surface area contributed by atoms with Crippen molar-refractivity contribution >= 4 is 27.3 Å². The Morgan fingerprint density at radius 2 is 2.19 bits per heavy atom. The molecule has 1 amide bonds. The number of sulfonamides is 1. The summed E-state index contributed by atoms with van der Waals surface area (Å²) in [7, 11) is -3.27. The lowest BCUT2D eigenvalue weighted by molar-refractivity contribution is -0.115. The second kappa shape index (κ2) is 3.79. The van der Waals surface area contributed by atoms with E-state index in [1.165, 1.54) is 0 Å². The van der Waals surface area contributed by atoms with Gasteiger partial charge in [0, 0.05) is 5.69 Å². The first-order valence-electron chi connectivity index (χ1n) is 4.93. The molecule has 5 nitrogen and oxygen atoms in total. The van der Waals surface area contributed by atoms with Crippen LogP contribution in [0, 0.1) is 0 Å². The van der Waals surface area contributed by atoms with Crippen LogP contribution in [0.15, 0.2) is 18.2 Å². The van der Waals surface area contributed by atoms with E-state index in [1.54, 1.807) is 25.1 Å². The van der Waals surface area contributed by atoms with Gasteiger partial charge in [0.15, 0.2) is 0 Å². The van der Waals surface area contributed by atoms with E-state index in [0.29, 0.717) is 17.8 Å². The fourth-order valence-corrected chi connectivity index (χ4v) is 2.16. The summed E-state index contributed by atoms with van der Waals surface area (Å²) in [6.45, 7) is 1.57. The van der Waals surface area contributed by atoms with Crippen LogP contribution in [0.25, 0.3) is 0 Å². The van der Waals surface area contributed by atoms with E-state index in [4.69, 9.17) is 0 Å². The minimum Gasteiger partial charge on any atom is -0.325 e. The Morgan fingerprint density at radius 1 is 1.44 bits per heavy atom. The van der Waals surface area contributed by atoms with E-state index in [-0.39, 0.29) is 11.7 Å². The van der Waals surface area contributed by atoms with Gasteiger partial charge in [-0.05, 0) is 24.6 Å². The summed E-state index contributed by atoms with van der Waals surface area (Å²) in [5, 5.41) is 2.67. The molecule has 86 valence electrons. The van der Waals surface area contributed by atoms with Gasteiger partial charge in [-0.15, -0.1) is 0 Å². The van der Waals surface area contributed by atoms with Crippen LogP contribution in [0.1, 0.15) is 12.5 Å². The number of anilines is 2. The Morgan fingerprint density at radius 3 is 2.88 bits per heavy atom. The Labute approximate surface area is 93.9 Å². The smallest absolute Gasteiger partial charge is 0.232 e. The van der Waals surface area contributed by atoms with Crippen LogP contribution in [-0.4, -0.2) is 20.1 Å². The summed E-state index contributed by atoms with van der Waals surface area (Å²) in [5.74, 6) is -0.0401. The zero-order valence-corrected chi connectivity index (χ0v) is 9.60. The largest absolute Gasteiger partial charge is 0.325 e. The molecular weight excluding hydrogens is 228 g/mol. The summed E-state index contributed by atoms with van der Waals surface area (Å²) in [6.07, 6.45) is 0.357. The van der Waals surface area contributed by atoms with Crippen molar-refractivity contribution in [1.82, 2.24) is 0 Å². The Hall–Kier alpha value is -1.56. The number of fused-ring (bicyclic) bond motifs is 1. The molecule has 6 heteroatoms. The van der Waals surface area contributed by atoms with Crippen molar-refractivity contribution in [3.63, 3.8) is 0 Å². The van der Waals surface area contributed by atoms with Gasteiger partial charge in [-0.3, -0.25) is 9.52 Å². The number of hydrogen-bond acceptors (Lipinski definition) is 3. The summed E-state index contributed by atoms with van der Waals surface area (Å²) in [5.41, 5.74) is 2.05. The van der Waals surface area contributed by atoms with Crippen molar-refractivity contribution in [2.75, 3.05) is 15.8 Å². The maximum Gasteiger partial charge on any atom is 0.232 e. The Kier molecular flexibility index (Phi) is 2.59. The molecule has 1 aliphatic heterocycles. The van der Waals surface area contributed by atoms with Crippen LogP contribution < -0.4 is 10.0 Å². The van der Waals surface area contributed by atoms with Crippen LogP contribution in [0.4, 0.5) is 11.4 Å². The van der Waals surface area contributed by atoms with Crippen LogP contribution in [0.5, 0.6) is 0 Å². The van der Waals surface area contributed by atoms with Gasteiger partial charge in [-0.1, -0.05) is 6.07 Å². The van der Waals surface area contributed by atoms with Crippen molar-refractivity contribution < 1.29 is 13.2 Å². The van der Waals surface area contributed by atoms with Gasteiger partial charge in [-0.2, -0.15) is 0 Å². The highest BCUT2D eigenvalue weighted by Crippen LogP contribution is 2.26. The Balaban J connectivity index is 2.27. The summed E-state index contributed by atoms with van der Waals surface area (Å²) >= 11 is 0. The monoisotopic (exact) mass is 240 g/mol. The minimum atomic E-state index is -3.27. The molecule has 1 aromatic rings. The lowest BCUT2D eigenvalue weighted by atomic mass is 10.1. The van der Waals surface area contributed by atoms with Gasteiger partial charge in [0.2, 0.25) is 15.9 Å². The molecule has 0 radical (unpaired) electrons. The summed E-state index contributed by atoms with van der Waals surface area (Å²) < 4.78 is 25.1. The quantitative estimate of drug-likeness (QED) is 0.825. The van der Waals surface area contributed by atoms with E-state index in [9.17, 15) is 13.2 Å². The first kappa shape index (κ1) is 10.9. The number of benzene rings is 1. The number of nitrogens with one attached hydrogen (secondary N) is 2. The molecule has 0 saturated heterocycles. The highest BCUT2D eigenvalue weighted by molar-refractivity contribution is 7.92. The zero-order valence-electron chi connectivity index (χ0n) is 8.78. The van der Waals surface area contributed by atoms with Gasteiger partial charge in [-0.25, -0.2) is 8.42 Å². The molecule has 0 saturated carbocycles. The van der Waals surface area contributed by atoms with Gasteiger partial charge >= 0.3 is 0 Å². The second-order valence-corrected chi connectivity index (χ2v) is 5.61. The van der Waals surface area contributed by atoms with Crippen molar-refractivity contribution in [1.29, 1.82) is 0 Å². The van der Waals surface area contributed by atoms with Gasteiger partial charge < -0.3 is 5.32 Å². The first-order valence-corrected chi connectivity index (χ1v) is 6.58. The SMILES string of the molecule is CCS(=O)(=O)Nc1ccc2c(c1)NC(=O)C2. The minimum absolute atomic E-state index is 0.0242. The molecule has 0 bridgehead atoms. The van der Waals surface area contributed by atoms with Gasteiger partial charge in [0.25, 0.3) is 0 Å². The molecule has 0 spiro atoms. The van der Waals surface area contributed by atoms with Crippen molar-refractivity contribution in [2.45, 2.75) is 13.3 Å². The highest BCUT2D eigenvalue weighted by Gasteiger charge is 2.18. The van der Waals surface area contributed by atoms with E-state index < -0.39 is 10.0 Å². The average Bonchev–Trinajstić information content (AvgIpc) is 2.57. The standard InChI is InChI=1S/C10H12N2O3S/c1-2-16(14,15)12-8-4-3-7-5-10(13)11-9(7)6-8/h3-4,6,12H,2,5H2,1H3,(H,11,13). The van der Waals surface area contributed by atoms with Crippen LogP contribution >= 0.6 is 0 Å². The lowest BCUT2D eigenvalue weighted by Crippen LogP contribution is -2.14. The molecular formula is C10H12N2O3S. The second-order valence-electron chi connectivity index (χ2n) is 3.60. The van der Waals surface area contributed by atoms with E-state index >= 15 is 0 Å². The van der Waals surface area contributed by atoms with Crippen molar-refractivity contribution in [3.8, 4) is 0 Å². The normalized spacial score (nSPS) is 14.4. The molecule has 1 aliphatic rings. The third kappa shape index (κ3) is 2.16. The molecule has 2 rings (SSSR count). The van der Waals surface area contributed by atoms with E-state index in [1.807, 2.05) is 0 Å². The lowest BCUT2D eigenvalue weighted by Gasteiger charge is -2.07. The zero-order chi connectivity index (χ0) is 11.8. The fraction of sp³-hybridized carbons (Fsp3) is 0.300. The molecule has 0 unspecified atom stereocenters. The molecule has 16 heavy (non-hydrogen) atoms. The van der Waals surface area contributed by atoms with E-state index in [0.717, 1.165) is 5.56 Å². The molecule has 2 N–H and O–H groups in total. The number of rotatable bonds is 3. The number of hydrogen-bond donors (Lipinski definition) is 2. The predicted octanol–water partition coefficient (Wildman–Crippen LogP) is 0.943. The summed E-state index contributed by atoms with van der Waals surface area (Å²) in [4.78, 5) is 11.1. The topological polar surface area (TPSA) is 75.3 Å². The van der Waals surface area contributed by atoms with Gasteiger partial charge in [0.05, 0.1) is 17.9 Å². The summed E-state index contributed by atoms with van der Waals surface area (Å²) in [6, 6.07) is 5.04. The van der Waals surface area contributed by atoms with Crippen LogP contribution in [0.2, 0.25) is 0 Å². The maximum atomic E-state index is 11.3. The Bertz CT molecular complexity index is 537. The molecule has 0 fully saturated rings. The number of amides is 1. The molecule has 0 atom stereocenters. The number of carbonyl (C=O) groups is 1. The van der Waals surface area contributed by atoms with Crippen molar-refractivity contribution in [3.05, 3.63) is 23.8 Å².